The minimum atomic E-state index is -0.547. The van der Waals surface area contributed by atoms with Crippen LogP contribution in [0.1, 0.15) is 64.8 Å². The smallest absolute Gasteiger partial charge is 0.259 e. The van der Waals surface area contributed by atoms with Crippen LogP contribution in [0.5, 0.6) is 0 Å². The molecule has 1 N–H and O–H groups in total. The van der Waals surface area contributed by atoms with Gasteiger partial charge in [0.2, 0.25) is 5.43 Å². The van der Waals surface area contributed by atoms with Gasteiger partial charge in [-0.15, -0.1) is 6.58 Å². The van der Waals surface area contributed by atoms with Crippen LogP contribution in [0, 0.1) is 6.92 Å². The molecule has 3 rings (SSSR count). The molecule has 3 heterocycles. The quantitative estimate of drug-likeness (QED) is 0.710. The molecule has 1 aliphatic heterocycles. The van der Waals surface area contributed by atoms with E-state index in [2.05, 4.69) is 11.9 Å². The molecule has 30 heavy (non-hydrogen) atoms. The molecule has 0 aliphatic carbocycles. The first-order chi connectivity index (χ1) is 14.4. The highest BCUT2D eigenvalue weighted by Gasteiger charge is 2.29. The fourth-order valence-electron chi connectivity index (χ4n) is 3.89. The number of rotatable bonds is 7. The lowest BCUT2D eigenvalue weighted by molar-refractivity contribution is 0.0605. The summed E-state index contributed by atoms with van der Waals surface area (Å²) in [6, 6.07) is 3.80. The fourth-order valence-corrected chi connectivity index (χ4v) is 3.89. The van der Waals surface area contributed by atoms with Crippen molar-refractivity contribution in [3.8, 4) is 0 Å². The molecule has 0 spiro atoms. The van der Waals surface area contributed by atoms with E-state index in [9.17, 15) is 14.4 Å². The van der Waals surface area contributed by atoms with Crippen molar-refractivity contribution in [3.05, 3.63) is 70.1 Å². The molecule has 2 amide bonds. The van der Waals surface area contributed by atoms with E-state index in [4.69, 9.17) is 4.42 Å². The lowest BCUT2D eigenvalue weighted by atomic mass is 9.98. The first-order valence-corrected chi connectivity index (χ1v) is 10.4. The van der Waals surface area contributed by atoms with Crippen molar-refractivity contribution in [2.75, 3.05) is 13.1 Å². The summed E-state index contributed by atoms with van der Waals surface area (Å²) in [5.74, 6) is 0.612. The molecule has 0 aromatic carbocycles. The minimum Gasteiger partial charge on any atom is -0.464 e. The van der Waals surface area contributed by atoms with Gasteiger partial charge in [-0.25, -0.2) is 0 Å². The zero-order chi connectivity index (χ0) is 21.7. The third-order valence-electron chi connectivity index (χ3n) is 5.45. The monoisotopic (exact) mass is 411 g/mol. The van der Waals surface area contributed by atoms with Crippen molar-refractivity contribution in [2.24, 2.45) is 0 Å². The molecule has 1 fully saturated rings. The maximum Gasteiger partial charge on any atom is 0.259 e. The van der Waals surface area contributed by atoms with Gasteiger partial charge in [0.05, 0.1) is 6.54 Å². The van der Waals surface area contributed by atoms with Gasteiger partial charge in [0.25, 0.3) is 11.8 Å². The van der Waals surface area contributed by atoms with Gasteiger partial charge in [-0.3, -0.25) is 14.4 Å². The summed E-state index contributed by atoms with van der Waals surface area (Å²) in [6.07, 6.45) is 8.32. The number of aromatic nitrogens is 1. The van der Waals surface area contributed by atoms with E-state index in [0.717, 1.165) is 31.4 Å². The molecule has 0 radical (unpaired) electrons. The van der Waals surface area contributed by atoms with Crippen molar-refractivity contribution in [1.82, 2.24) is 14.8 Å². The van der Waals surface area contributed by atoms with E-state index in [1.165, 1.54) is 18.5 Å². The van der Waals surface area contributed by atoms with Crippen molar-refractivity contribution in [3.63, 3.8) is 0 Å². The Bertz CT molecular complexity index is 989. The number of furan rings is 1. The van der Waals surface area contributed by atoms with E-state index < -0.39 is 11.3 Å². The van der Waals surface area contributed by atoms with E-state index in [-0.39, 0.29) is 29.6 Å². The first-order valence-electron chi connectivity index (χ1n) is 10.4. The van der Waals surface area contributed by atoms with Crippen molar-refractivity contribution < 1.29 is 14.0 Å². The van der Waals surface area contributed by atoms with Gasteiger partial charge in [-0.05, 0) is 44.7 Å². The third-order valence-corrected chi connectivity index (χ3v) is 5.45. The molecule has 0 unspecified atom stereocenters. The molecule has 2 aromatic heterocycles. The minimum absolute atomic E-state index is 0.0184. The Morgan fingerprint density at radius 2 is 2.03 bits per heavy atom. The zero-order valence-electron chi connectivity index (χ0n) is 17.6. The molecule has 1 saturated heterocycles. The van der Waals surface area contributed by atoms with Gasteiger partial charge < -0.3 is 19.2 Å². The number of nitrogens with one attached hydrogen (secondary N) is 1. The molecule has 1 atom stereocenters. The van der Waals surface area contributed by atoms with Crippen molar-refractivity contribution in [1.29, 1.82) is 0 Å². The second-order valence-corrected chi connectivity index (χ2v) is 7.65. The Labute approximate surface area is 176 Å². The van der Waals surface area contributed by atoms with Gasteiger partial charge in [-0.1, -0.05) is 13.0 Å². The van der Waals surface area contributed by atoms with Gasteiger partial charge >= 0.3 is 0 Å². The Balaban J connectivity index is 2.02. The summed E-state index contributed by atoms with van der Waals surface area (Å²) in [5.41, 5.74) is -0.588. The molecule has 160 valence electrons. The average molecular weight is 412 g/mol. The summed E-state index contributed by atoms with van der Waals surface area (Å²) in [7, 11) is 0. The Morgan fingerprint density at radius 3 is 2.70 bits per heavy atom. The number of amides is 2. The largest absolute Gasteiger partial charge is 0.464 e. The number of aryl methyl sites for hydroxylation is 1. The second-order valence-electron chi connectivity index (χ2n) is 7.65. The van der Waals surface area contributed by atoms with Crippen molar-refractivity contribution >= 4 is 11.8 Å². The third kappa shape index (κ3) is 4.72. The Morgan fingerprint density at radius 1 is 1.27 bits per heavy atom. The Kier molecular flexibility index (Phi) is 6.92. The van der Waals surface area contributed by atoms with Crippen LogP contribution in [0.15, 0.2) is 46.4 Å². The van der Waals surface area contributed by atoms with Crippen LogP contribution in [-0.2, 0) is 6.54 Å². The van der Waals surface area contributed by atoms with Crippen LogP contribution in [-0.4, -0.2) is 40.4 Å². The van der Waals surface area contributed by atoms with Crippen LogP contribution >= 0.6 is 0 Å². The molecule has 7 heteroatoms. The summed E-state index contributed by atoms with van der Waals surface area (Å²) in [6.45, 7) is 8.65. The number of hydrogen-bond acceptors (Lipinski definition) is 4. The zero-order valence-corrected chi connectivity index (χ0v) is 17.6. The van der Waals surface area contributed by atoms with E-state index >= 15 is 0 Å². The predicted molar refractivity (Wildman–Crippen MR) is 115 cm³/mol. The number of piperidine rings is 1. The standard InChI is InChI=1S/C23H29N3O4/c1-4-11-24-22(28)19-14-25(13-18-10-9-16(3)30-18)15-20(21(19)27)23(29)26-12-7-6-8-17(26)5-2/h4,9-10,14-15,17H,1,5-8,11-13H2,2-3H3,(H,24,28)/t17-/m1/s1. The van der Waals surface area contributed by atoms with Crippen LogP contribution < -0.4 is 10.7 Å². The molecule has 7 nitrogen and oxygen atoms in total. The lowest BCUT2D eigenvalue weighted by Gasteiger charge is -2.35. The number of likely N-dealkylation sites (tertiary alicyclic amines) is 1. The number of carbonyl (C=O) groups excluding carboxylic acids is 2. The highest BCUT2D eigenvalue weighted by Crippen LogP contribution is 2.21. The maximum absolute atomic E-state index is 13.3. The Hall–Kier alpha value is -3.09. The summed E-state index contributed by atoms with van der Waals surface area (Å²) >= 11 is 0. The highest BCUT2D eigenvalue weighted by molar-refractivity contribution is 5.99. The van der Waals surface area contributed by atoms with Crippen LogP contribution in [0.2, 0.25) is 0 Å². The van der Waals surface area contributed by atoms with Crippen LogP contribution in [0.4, 0.5) is 0 Å². The number of hydrogen-bond donors (Lipinski definition) is 1. The lowest BCUT2D eigenvalue weighted by Crippen LogP contribution is -2.45. The SMILES string of the molecule is C=CCNC(=O)c1cn(Cc2ccc(C)o2)cc(C(=O)N2CCCC[C@H]2CC)c1=O. The molecule has 2 aromatic rings. The normalized spacial score (nSPS) is 16.3. The first kappa shape index (κ1) is 21.6. The average Bonchev–Trinajstić information content (AvgIpc) is 3.16. The highest BCUT2D eigenvalue weighted by atomic mass is 16.3. The number of nitrogens with zero attached hydrogens (tertiary/aromatic N) is 2. The van der Waals surface area contributed by atoms with Crippen LogP contribution in [0.25, 0.3) is 0 Å². The maximum atomic E-state index is 13.3. The van der Waals surface area contributed by atoms with E-state index in [0.29, 0.717) is 18.8 Å². The van der Waals surface area contributed by atoms with Gasteiger partial charge in [-0.2, -0.15) is 0 Å². The topological polar surface area (TPSA) is 84.6 Å². The summed E-state index contributed by atoms with van der Waals surface area (Å²) < 4.78 is 7.29. The summed E-state index contributed by atoms with van der Waals surface area (Å²) in [5, 5.41) is 2.63. The number of carbonyl (C=O) groups is 2. The van der Waals surface area contributed by atoms with Crippen molar-refractivity contribution in [2.45, 2.75) is 52.1 Å². The number of pyridine rings is 1. The second kappa shape index (κ2) is 9.61. The van der Waals surface area contributed by atoms with Crippen LogP contribution in [0.3, 0.4) is 0 Å². The molecular formula is C23H29N3O4. The van der Waals surface area contributed by atoms with E-state index in [1.54, 1.807) is 9.47 Å². The molecule has 1 aliphatic rings. The molecule has 0 bridgehead atoms. The molecule has 0 saturated carbocycles. The van der Waals surface area contributed by atoms with E-state index in [1.807, 2.05) is 26.0 Å². The van der Waals surface area contributed by atoms with Gasteiger partial charge in [0.1, 0.15) is 22.6 Å². The van der Waals surface area contributed by atoms with Gasteiger partial charge in [0, 0.05) is 31.5 Å². The predicted octanol–water partition coefficient (Wildman–Crippen LogP) is 3.12. The summed E-state index contributed by atoms with van der Waals surface area (Å²) in [4.78, 5) is 40.8. The van der Waals surface area contributed by atoms with Gasteiger partial charge in [0.15, 0.2) is 0 Å². The fraction of sp³-hybridized carbons (Fsp3) is 0.435. The molecular weight excluding hydrogens is 382 g/mol.